The average Bonchev–Trinajstić information content (AvgIpc) is 2.82. The number of ether oxygens (including phenoxy) is 1. The van der Waals surface area contributed by atoms with Gasteiger partial charge in [0.15, 0.2) is 0 Å². The zero-order chi connectivity index (χ0) is 9.97. The summed E-state index contributed by atoms with van der Waals surface area (Å²) in [7, 11) is 2.22. The summed E-state index contributed by atoms with van der Waals surface area (Å²) in [6.45, 7) is 3.85. The van der Waals surface area contributed by atoms with Crippen LogP contribution < -0.4 is 5.73 Å². The molecule has 1 heterocycles. The number of likely N-dealkylation sites (N-methyl/N-ethyl adjacent to an activating group) is 1. The standard InChI is InChI=1S/C11H22N2O/c1-13(7-9-2-3-9)11(6-12)10-4-5-14-8-10/h9-11H,2-8,12H2,1H3. The van der Waals surface area contributed by atoms with Gasteiger partial charge in [-0.25, -0.2) is 0 Å². The summed E-state index contributed by atoms with van der Waals surface area (Å²) in [5.74, 6) is 1.63. The maximum Gasteiger partial charge on any atom is 0.0510 e. The van der Waals surface area contributed by atoms with Gasteiger partial charge < -0.3 is 15.4 Å². The van der Waals surface area contributed by atoms with E-state index in [1.807, 2.05) is 0 Å². The van der Waals surface area contributed by atoms with E-state index in [-0.39, 0.29) is 0 Å². The Morgan fingerprint density at radius 1 is 1.43 bits per heavy atom. The fourth-order valence-electron chi connectivity index (χ4n) is 2.43. The molecule has 0 aromatic heterocycles. The fourth-order valence-corrected chi connectivity index (χ4v) is 2.43. The largest absolute Gasteiger partial charge is 0.381 e. The molecular weight excluding hydrogens is 176 g/mol. The molecule has 14 heavy (non-hydrogen) atoms. The van der Waals surface area contributed by atoms with Gasteiger partial charge in [-0.3, -0.25) is 0 Å². The van der Waals surface area contributed by atoms with Crippen molar-refractivity contribution in [2.45, 2.75) is 25.3 Å². The lowest BCUT2D eigenvalue weighted by Gasteiger charge is -2.31. The minimum atomic E-state index is 0.540. The van der Waals surface area contributed by atoms with Crippen LogP contribution in [0.4, 0.5) is 0 Å². The third-order valence-electron chi connectivity index (χ3n) is 3.56. The van der Waals surface area contributed by atoms with E-state index in [4.69, 9.17) is 10.5 Å². The number of hydrogen-bond donors (Lipinski definition) is 1. The molecule has 0 spiro atoms. The highest BCUT2D eigenvalue weighted by Crippen LogP contribution is 2.31. The molecule has 1 saturated carbocycles. The lowest BCUT2D eigenvalue weighted by Crippen LogP contribution is -2.44. The Balaban J connectivity index is 1.82. The van der Waals surface area contributed by atoms with Crippen molar-refractivity contribution in [1.29, 1.82) is 0 Å². The van der Waals surface area contributed by atoms with Crippen LogP contribution in [0, 0.1) is 11.8 Å². The van der Waals surface area contributed by atoms with Crippen molar-refractivity contribution >= 4 is 0 Å². The maximum atomic E-state index is 5.85. The Bertz CT molecular complexity index is 176. The molecule has 0 bridgehead atoms. The van der Waals surface area contributed by atoms with Gasteiger partial charge in [0.25, 0.3) is 0 Å². The smallest absolute Gasteiger partial charge is 0.0510 e. The molecule has 0 radical (unpaired) electrons. The Kier molecular flexibility index (Phi) is 3.42. The Morgan fingerprint density at radius 3 is 2.71 bits per heavy atom. The van der Waals surface area contributed by atoms with Gasteiger partial charge in [-0.2, -0.15) is 0 Å². The van der Waals surface area contributed by atoms with Crippen molar-refractivity contribution in [2.24, 2.45) is 17.6 Å². The van der Waals surface area contributed by atoms with Gasteiger partial charge in [0.1, 0.15) is 0 Å². The first kappa shape index (κ1) is 10.4. The van der Waals surface area contributed by atoms with E-state index >= 15 is 0 Å². The zero-order valence-electron chi connectivity index (χ0n) is 9.11. The third kappa shape index (κ3) is 2.47. The molecular formula is C11H22N2O. The van der Waals surface area contributed by atoms with E-state index in [2.05, 4.69) is 11.9 Å². The highest BCUT2D eigenvalue weighted by atomic mass is 16.5. The van der Waals surface area contributed by atoms with Crippen LogP contribution in [0.5, 0.6) is 0 Å². The van der Waals surface area contributed by atoms with Crippen molar-refractivity contribution in [2.75, 3.05) is 33.4 Å². The van der Waals surface area contributed by atoms with E-state index in [9.17, 15) is 0 Å². The molecule has 82 valence electrons. The second-order valence-corrected chi connectivity index (χ2v) is 4.81. The molecule has 0 aromatic carbocycles. The highest BCUT2D eigenvalue weighted by Gasteiger charge is 2.31. The highest BCUT2D eigenvalue weighted by molar-refractivity contribution is 4.85. The van der Waals surface area contributed by atoms with Gasteiger partial charge in [0, 0.05) is 31.7 Å². The first-order chi connectivity index (χ1) is 6.81. The first-order valence-electron chi connectivity index (χ1n) is 5.79. The van der Waals surface area contributed by atoms with Crippen LogP contribution in [0.25, 0.3) is 0 Å². The minimum Gasteiger partial charge on any atom is -0.381 e. The van der Waals surface area contributed by atoms with Crippen LogP contribution in [0.15, 0.2) is 0 Å². The monoisotopic (exact) mass is 198 g/mol. The molecule has 1 aliphatic carbocycles. The molecule has 2 atom stereocenters. The Hall–Kier alpha value is -0.120. The van der Waals surface area contributed by atoms with E-state index < -0.39 is 0 Å². The SMILES string of the molecule is CN(CC1CC1)C(CN)C1CCOC1. The predicted octanol–water partition coefficient (Wildman–Crippen LogP) is 0.692. The molecule has 2 aliphatic rings. The van der Waals surface area contributed by atoms with Gasteiger partial charge in [-0.15, -0.1) is 0 Å². The number of hydrogen-bond acceptors (Lipinski definition) is 3. The van der Waals surface area contributed by atoms with Crippen molar-refractivity contribution in [3.8, 4) is 0 Å². The van der Waals surface area contributed by atoms with Crippen LogP contribution in [0.2, 0.25) is 0 Å². The lowest BCUT2D eigenvalue weighted by molar-refractivity contribution is 0.137. The van der Waals surface area contributed by atoms with E-state index in [1.165, 1.54) is 25.8 Å². The second kappa shape index (κ2) is 4.60. The van der Waals surface area contributed by atoms with Gasteiger partial charge in [-0.1, -0.05) is 0 Å². The van der Waals surface area contributed by atoms with Crippen molar-refractivity contribution in [3.63, 3.8) is 0 Å². The van der Waals surface area contributed by atoms with E-state index in [1.54, 1.807) is 0 Å². The molecule has 1 aliphatic heterocycles. The molecule has 2 fully saturated rings. The molecule has 2 rings (SSSR count). The predicted molar refractivity (Wildman–Crippen MR) is 57.1 cm³/mol. The topological polar surface area (TPSA) is 38.5 Å². The van der Waals surface area contributed by atoms with E-state index in [0.717, 1.165) is 25.7 Å². The summed E-state index contributed by atoms with van der Waals surface area (Å²) in [5.41, 5.74) is 5.85. The third-order valence-corrected chi connectivity index (χ3v) is 3.56. The van der Waals surface area contributed by atoms with E-state index in [0.29, 0.717) is 12.0 Å². The fraction of sp³-hybridized carbons (Fsp3) is 1.00. The normalized spacial score (nSPS) is 29.8. The summed E-state index contributed by atoms with van der Waals surface area (Å²) in [6, 6.07) is 0.540. The molecule has 2 N–H and O–H groups in total. The van der Waals surface area contributed by atoms with Crippen molar-refractivity contribution in [3.05, 3.63) is 0 Å². The van der Waals surface area contributed by atoms with Crippen molar-refractivity contribution in [1.82, 2.24) is 4.90 Å². The minimum absolute atomic E-state index is 0.540. The average molecular weight is 198 g/mol. The maximum absolute atomic E-state index is 5.85. The summed E-state index contributed by atoms with van der Waals surface area (Å²) < 4.78 is 5.43. The second-order valence-electron chi connectivity index (χ2n) is 4.81. The van der Waals surface area contributed by atoms with Gasteiger partial charge in [0.2, 0.25) is 0 Å². The summed E-state index contributed by atoms with van der Waals surface area (Å²) >= 11 is 0. The number of nitrogens with zero attached hydrogens (tertiary/aromatic N) is 1. The number of rotatable bonds is 5. The number of nitrogens with two attached hydrogens (primary N) is 1. The van der Waals surface area contributed by atoms with Crippen molar-refractivity contribution < 1.29 is 4.74 Å². The molecule has 3 nitrogen and oxygen atoms in total. The van der Waals surface area contributed by atoms with Gasteiger partial charge >= 0.3 is 0 Å². The van der Waals surface area contributed by atoms with Gasteiger partial charge in [-0.05, 0) is 32.2 Å². The van der Waals surface area contributed by atoms with Gasteiger partial charge in [0.05, 0.1) is 6.61 Å². The molecule has 3 heteroatoms. The Labute approximate surface area is 86.6 Å². The lowest BCUT2D eigenvalue weighted by atomic mass is 9.97. The van der Waals surface area contributed by atoms with Crippen LogP contribution in [0.1, 0.15) is 19.3 Å². The zero-order valence-corrected chi connectivity index (χ0v) is 9.11. The molecule has 0 aromatic rings. The van der Waals surface area contributed by atoms with Crippen LogP contribution in [0.3, 0.4) is 0 Å². The molecule has 2 unspecified atom stereocenters. The Morgan fingerprint density at radius 2 is 2.21 bits per heavy atom. The van der Waals surface area contributed by atoms with Crippen LogP contribution in [-0.4, -0.2) is 44.3 Å². The van der Waals surface area contributed by atoms with Crippen LogP contribution in [-0.2, 0) is 4.74 Å². The quantitative estimate of drug-likeness (QED) is 0.706. The molecule has 0 amide bonds. The summed E-state index contributed by atoms with van der Waals surface area (Å²) in [5, 5.41) is 0. The van der Waals surface area contributed by atoms with Crippen LogP contribution >= 0.6 is 0 Å². The first-order valence-corrected chi connectivity index (χ1v) is 5.79. The molecule has 1 saturated heterocycles. The summed E-state index contributed by atoms with van der Waals surface area (Å²) in [6.07, 6.45) is 4.03. The summed E-state index contributed by atoms with van der Waals surface area (Å²) in [4.78, 5) is 2.46.